The van der Waals surface area contributed by atoms with Gasteiger partial charge in [0.1, 0.15) is 5.69 Å². The third-order valence-corrected chi connectivity index (χ3v) is 5.68. The zero-order chi connectivity index (χ0) is 21.2. The molecule has 0 bridgehead atoms. The first-order valence-corrected chi connectivity index (χ1v) is 10.5. The van der Waals surface area contributed by atoms with E-state index in [1.54, 1.807) is 23.1 Å². The van der Waals surface area contributed by atoms with Crippen LogP contribution in [0.5, 0.6) is 0 Å². The fourth-order valence-corrected chi connectivity index (χ4v) is 3.94. The SMILES string of the molecule is O=C(c1cc(-c2cccc(Cl)c2)no1)N1CCC(c2nc(-c3ccccc3)no2)CC1. The zero-order valence-electron chi connectivity index (χ0n) is 16.6. The highest BCUT2D eigenvalue weighted by molar-refractivity contribution is 6.30. The second kappa shape index (κ2) is 8.35. The number of likely N-dealkylation sites (tertiary alicyclic amines) is 1. The van der Waals surface area contributed by atoms with Gasteiger partial charge in [-0.1, -0.05) is 64.4 Å². The smallest absolute Gasteiger partial charge is 0.292 e. The van der Waals surface area contributed by atoms with Gasteiger partial charge in [-0.3, -0.25) is 4.79 Å². The predicted octanol–water partition coefficient (Wildman–Crippen LogP) is 5.06. The molecule has 1 fully saturated rings. The highest BCUT2D eigenvalue weighted by Gasteiger charge is 2.29. The molecule has 31 heavy (non-hydrogen) atoms. The number of hydrogen-bond donors (Lipinski definition) is 0. The van der Waals surface area contributed by atoms with Gasteiger partial charge in [-0.15, -0.1) is 0 Å². The summed E-state index contributed by atoms with van der Waals surface area (Å²) < 4.78 is 10.8. The molecule has 0 unspecified atom stereocenters. The van der Waals surface area contributed by atoms with Crippen LogP contribution in [0.25, 0.3) is 22.6 Å². The minimum atomic E-state index is -0.172. The van der Waals surface area contributed by atoms with Crippen LogP contribution in [0.4, 0.5) is 0 Å². The van der Waals surface area contributed by atoms with Crippen LogP contribution in [-0.4, -0.2) is 39.2 Å². The zero-order valence-corrected chi connectivity index (χ0v) is 17.3. The van der Waals surface area contributed by atoms with E-state index in [4.69, 9.17) is 20.6 Å². The molecule has 0 aliphatic carbocycles. The van der Waals surface area contributed by atoms with Crippen LogP contribution < -0.4 is 0 Å². The Hall–Kier alpha value is -3.45. The van der Waals surface area contributed by atoms with Crippen LogP contribution in [0, 0.1) is 0 Å². The number of nitrogens with zero attached hydrogens (tertiary/aromatic N) is 4. The van der Waals surface area contributed by atoms with Gasteiger partial charge in [0.05, 0.1) is 0 Å². The maximum Gasteiger partial charge on any atom is 0.292 e. The molecule has 0 saturated carbocycles. The maximum atomic E-state index is 12.9. The Bertz CT molecular complexity index is 1200. The summed E-state index contributed by atoms with van der Waals surface area (Å²) in [5, 5.41) is 8.73. The number of carbonyl (C=O) groups excluding carboxylic acids is 1. The molecule has 3 heterocycles. The van der Waals surface area contributed by atoms with Crippen molar-refractivity contribution in [2.24, 2.45) is 0 Å². The molecular weight excluding hydrogens is 416 g/mol. The normalized spacial score (nSPS) is 14.7. The second-order valence-corrected chi connectivity index (χ2v) is 7.91. The topological polar surface area (TPSA) is 85.3 Å². The molecule has 1 aliphatic rings. The molecule has 4 aromatic rings. The highest BCUT2D eigenvalue weighted by Crippen LogP contribution is 2.30. The standard InChI is InChI=1S/C23H19ClN4O3/c24-18-8-4-7-17(13-18)19-14-20(30-26-19)23(29)28-11-9-16(10-12-28)22-25-21(27-31-22)15-5-2-1-3-6-15/h1-8,13-14,16H,9-12H2. The molecule has 7 nitrogen and oxygen atoms in total. The summed E-state index contributed by atoms with van der Waals surface area (Å²) in [5.41, 5.74) is 2.31. The number of amides is 1. The van der Waals surface area contributed by atoms with E-state index in [-0.39, 0.29) is 17.6 Å². The Morgan fingerprint density at radius 2 is 1.71 bits per heavy atom. The quantitative estimate of drug-likeness (QED) is 0.446. The Morgan fingerprint density at radius 3 is 2.48 bits per heavy atom. The molecule has 0 radical (unpaired) electrons. The number of piperidine rings is 1. The van der Waals surface area contributed by atoms with E-state index < -0.39 is 0 Å². The van der Waals surface area contributed by atoms with Crippen molar-refractivity contribution in [2.75, 3.05) is 13.1 Å². The molecule has 1 amide bonds. The Morgan fingerprint density at radius 1 is 0.935 bits per heavy atom. The first-order valence-electron chi connectivity index (χ1n) is 10.1. The van der Waals surface area contributed by atoms with Gasteiger partial charge in [0.15, 0.2) is 0 Å². The van der Waals surface area contributed by atoms with Crippen LogP contribution in [0.3, 0.4) is 0 Å². The van der Waals surface area contributed by atoms with Crippen molar-refractivity contribution in [3.05, 3.63) is 77.3 Å². The molecule has 2 aromatic carbocycles. The maximum absolute atomic E-state index is 12.9. The molecule has 2 aromatic heterocycles. The van der Waals surface area contributed by atoms with E-state index in [2.05, 4.69) is 15.3 Å². The average Bonchev–Trinajstić information content (AvgIpc) is 3.50. The average molecular weight is 435 g/mol. The Labute approximate surface area is 183 Å². The van der Waals surface area contributed by atoms with Gasteiger partial charge in [0.25, 0.3) is 5.91 Å². The minimum Gasteiger partial charge on any atom is -0.350 e. The fourth-order valence-electron chi connectivity index (χ4n) is 3.75. The van der Waals surface area contributed by atoms with E-state index >= 15 is 0 Å². The molecule has 0 N–H and O–H groups in total. The van der Waals surface area contributed by atoms with Crippen molar-refractivity contribution in [1.29, 1.82) is 0 Å². The van der Waals surface area contributed by atoms with E-state index in [0.717, 1.165) is 24.0 Å². The lowest BCUT2D eigenvalue weighted by Crippen LogP contribution is -2.37. The first kappa shape index (κ1) is 19.5. The van der Waals surface area contributed by atoms with Gasteiger partial charge in [-0.05, 0) is 25.0 Å². The number of hydrogen-bond acceptors (Lipinski definition) is 6. The third kappa shape index (κ3) is 4.09. The van der Waals surface area contributed by atoms with Crippen LogP contribution in [0.15, 0.2) is 69.7 Å². The van der Waals surface area contributed by atoms with Crippen molar-refractivity contribution in [3.63, 3.8) is 0 Å². The molecular formula is C23H19ClN4O3. The van der Waals surface area contributed by atoms with Crippen molar-refractivity contribution in [3.8, 4) is 22.6 Å². The van der Waals surface area contributed by atoms with Gasteiger partial charge >= 0.3 is 0 Å². The highest BCUT2D eigenvalue weighted by atomic mass is 35.5. The minimum absolute atomic E-state index is 0.130. The summed E-state index contributed by atoms with van der Waals surface area (Å²) in [6.07, 6.45) is 1.49. The molecule has 1 aliphatic heterocycles. The summed E-state index contributed by atoms with van der Waals surface area (Å²) in [6.45, 7) is 1.17. The Kier molecular flexibility index (Phi) is 5.26. The van der Waals surface area contributed by atoms with Crippen LogP contribution in [0.1, 0.15) is 35.2 Å². The molecule has 8 heteroatoms. The second-order valence-electron chi connectivity index (χ2n) is 7.48. The molecule has 0 atom stereocenters. The van der Waals surface area contributed by atoms with E-state index in [1.807, 2.05) is 42.5 Å². The van der Waals surface area contributed by atoms with Gasteiger partial charge < -0.3 is 13.9 Å². The van der Waals surface area contributed by atoms with Crippen LogP contribution in [-0.2, 0) is 0 Å². The summed E-state index contributed by atoms with van der Waals surface area (Å²) in [6, 6.07) is 18.7. The monoisotopic (exact) mass is 434 g/mol. The summed E-state index contributed by atoms with van der Waals surface area (Å²) >= 11 is 6.04. The van der Waals surface area contributed by atoms with Crippen LogP contribution in [0.2, 0.25) is 5.02 Å². The number of carbonyl (C=O) groups is 1. The van der Waals surface area contributed by atoms with Gasteiger partial charge in [0, 0.05) is 41.2 Å². The summed E-state index contributed by atoms with van der Waals surface area (Å²) in [4.78, 5) is 19.2. The largest absolute Gasteiger partial charge is 0.350 e. The number of aromatic nitrogens is 3. The lowest BCUT2D eigenvalue weighted by molar-refractivity contribution is 0.0663. The number of halogens is 1. The van der Waals surface area contributed by atoms with E-state index in [0.29, 0.717) is 35.5 Å². The van der Waals surface area contributed by atoms with Gasteiger partial charge in [-0.25, -0.2) is 0 Å². The van der Waals surface area contributed by atoms with Crippen molar-refractivity contribution < 1.29 is 13.8 Å². The summed E-state index contributed by atoms with van der Waals surface area (Å²) in [5.74, 6) is 1.39. The van der Waals surface area contributed by atoms with Crippen LogP contribution >= 0.6 is 11.6 Å². The van der Waals surface area contributed by atoms with E-state index in [1.165, 1.54) is 0 Å². The molecule has 5 rings (SSSR count). The lowest BCUT2D eigenvalue weighted by atomic mass is 9.96. The van der Waals surface area contributed by atoms with Crippen molar-refractivity contribution in [1.82, 2.24) is 20.2 Å². The van der Waals surface area contributed by atoms with Gasteiger partial charge in [-0.2, -0.15) is 4.98 Å². The first-order chi connectivity index (χ1) is 15.2. The van der Waals surface area contributed by atoms with Crippen molar-refractivity contribution in [2.45, 2.75) is 18.8 Å². The predicted molar refractivity (Wildman–Crippen MR) is 115 cm³/mol. The molecule has 156 valence electrons. The third-order valence-electron chi connectivity index (χ3n) is 5.45. The summed E-state index contributed by atoms with van der Waals surface area (Å²) in [7, 11) is 0. The number of rotatable bonds is 4. The number of benzene rings is 2. The van der Waals surface area contributed by atoms with Crippen molar-refractivity contribution >= 4 is 17.5 Å². The van der Waals surface area contributed by atoms with Gasteiger partial charge in [0.2, 0.25) is 17.5 Å². The Balaban J connectivity index is 1.23. The fraction of sp³-hybridized carbons (Fsp3) is 0.217. The lowest BCUT2D eigenvalue weighted by Gasteiger charge is -2.29. The van der Waals surface area contributed by atoms with E-state index in [9.17, 15) is 4.79 Å². The molecule has 1 saturated heterocycles. The molecule has 0 spiro atoms.